The zero-order valence-corrected chi connectivity index (χ0v) is 21.4. The van der Waals surface area contributed by atoms with Gasteiger partial charge in [-0.25, -0.2) is 0 Å². The highest BCUT2D eigenvalue weighted by Gasteiger charge is 2.35. The van der Waals surface area contributed by atoms with Crippen LogP contribution in [0.1, 0.15) is 85.2 Å². The molecule has 3 aromatic rings. The summed E-state index contributed by atoms with van der Waals surface area (Å²) < 4.78 is 16.5. The van der Waals surface area contributed by atoms with Gasteiger partial charge in [-0.15, -0.1) is 0 Å². The molecule has 0 saturated heterocycles. The Morgan fingerprint density at radius 1 is 0.946 bits per heavy atom. The zero-order valence-electron chi connectivity index (χ0n) is 21.4. The minimum Gasteiger partial charge on any atom is -0.459 e. The summed E-state index contributed by atoms with van der Waals surface area (Å²) in [7, 11) is 0. The largest absolute Gasteiger partial charge is 0.459 e. The third-order valence-electron chi connectivity index (χ3n) is 7.21. The summed E-state index contributed by atoms with van der Waals surface area (Å²) >= 11 is 0. The van der Waals surface area contributed by atoms with E-state index >= 15 is 0 Å². The fraction of sp³-hybridized carbons (Fsp3) is 0.400. The molecule has 7 nitrogen and oxygen atoms in total. The maximum Gasteiger partial charge on any atom is 0.290 e. The molecule has 1 N–H and O–H groups in total. The smallest absolute Gasteiger partial charge is 0.290 e. The molecule has 37 heavy (non-hydrogen) atoms. The molecule has 5 rings (SSSR count). The van der Waals surface area contributed by atoms with Gasteiger partial charge in [0.05, 0.1) is 6.26 Å². The topological polar surface area (TPSA) is 81.0 Å². The van der Waals surface area contributed by atoms with Crippen LogP contribution in [0.3, 0.4) is 0 Å². The fourth-order valence-electron chi connectivity index (χ4n) is 5.12. The van der Waals surface area contributed by atoms with Crippen molar-refractivity contribution in [2.45, 2.75) is 70.5 Å². The third kappa shape index (κ3) is 5.66. The Bertz CT molecular complexity index is 1210. The molecule has 0 radical (unpaired) electrons. The van der Waals surface area contributed by atoms with Crippen molar-refractivity contribution in [1.82, 2.24) is 10.2 Å². The minimum atomic E-state index is -0.828. The van der Waals surface area contributed by atoms with E-state index in [1.807, 2.05) is 42.5 Å². The van der Waals surface area contributed by atoms with Crippen LogP contribution in [0.15, 0.2) is 65.3 Å². The lowest BCUT2D eigenvalue weighted by Crippen LogP contribution is -2.46. The van der Waals surface area contributed by atoms with Gasteiger partial charge in [0.1, 0.15) is 6.04 Å². The van der Waals surface area contributed by atoms with Crippen LogP contribution in [0, 0.1) is 0 Å². The first-order valence-corrected chi connectivity index (χ1v) is 13.1. The SMILES string of the molecule is CC(C)c1ccc([C@H](C(=O)NC2CCCCC2)N(Cc2ccc3c(c2)OCO3)C(=O)c2ccco2)cc1. The molecule has 1 aliphatic heterocycles. The minimum absolute atomic E-state index is 0.116. The Labute approximate surface area is 217 Å². The first kappa shape index (κ1) is 24.9. The Kier molecular flexibility index (Phi) is 7.49. The van der Waals surface area contributed by atoms with Crippen molar-refractivity contribution in [3.8, 4) is 11.5 Å². The predicted molar refractivity (Wildman–Crippen MR) is 139 cm³/mol. The lowest BCUT2D eigenvalue weighted by Gasteiger charge is -2.33. The quantitative estimate of drug-likeness (QED) is 0.411. The number of carbonyl (C=O) groups excluding carboxylic acids is 2. The van der Waals surface area contributed by atoms with Crippen LogP contribution in [0.25, 0.3) is 0 Å². The average Bonchev–Trinajstić information content (AvgIpc) is 3.61. The Hall–Kier alpha value is -3.74. The second kappa shape index (κ2) is 11.1. The maximum atomic E-state index is 13.9. The summed E-state index contributed by atoms with van der Waals surface area (Å²) in [5.41, 5.74) is 2.77. The van der Waals surface area contributed by atoms with Gasteiger partial charge in [-0.1, -0.05) is 63.4 Å². The highest BCUT2D eigenvalue weighted by molar-refractivity contribution is 5.96. The van der Waals surface area contributed by atoms with E-state index in [1.165, 1.54) is 18.2 Å². The highest BCUT2D eigenvalue weighted by Crippen LogP contribution is 2.34. The second-order valence-electron chi connectivity index (χ2n) is 10.2. The molecule has 2 aromatic carbocycles. The molecule has 2 aliphatic rings. The molecule has 1 atom stereocenters. The van der Waals surface area contributed by atoms with Gasteiger partial charge in [0.2, 0.25) is 12.7 Å². The molecular weight excluding hydrogens is 468 g/mol. The predicted octanol–water partition coefficient (Wildman–Crippen LogP) is 5.96. The van der Waals surface area contributed by atoms with Crippen LogP contribution in [-0.4, -0.2) is 29.5 Å². The van der Waals surface area contributed by atoms with E-state index in [1.54, 1.807) is 17.0 Å². The molecule has 1 saturated carbocycles. The van der Waals surface area contributed by atoms with Crippen LogP contribution in [0.4, 0.5) is 0 Å². The number of nitrogens with one attached hydrogen (secondary N) is 1. The number of rotatable bonds is 8. The van der Waals surface area contributed by atoms with E-state index in [2.05, 4.69) is 19.2 Å². The molecular formula is C30H34N2O5. The van der Waals surface area contributed by atoms with Crippen molar-refractivity contribution < 1.29 is 23.5 Å². The van der Waals surface area contributed by atoms with Gasteiger partial charge in [-0.3, -0.25) is 9.59 Å². The van der Waals surface area contributed by atoms with Crippen molar-refractivity contribution in [2.75, 3.05) is 6.79 Å². The lowest BCUT2D eigenvalue weighted by atomic mass is 9.94. The summed E-state index contributed by atoms with van der Waals surface area (Å²) in [4.78, 5) is 29.4. The van der Waals surface area contributed by atoms with E-state index in [0.717, 1.165) is 36.8 Å². The number of hydrogen-bond donors (Lipinski definition) is 1. The van der Waals surface area contributed by atoms with E-state index in [9.17, 15) is 9.59 Å². The molecule has 2 amide bonds. The molecule has 0 bridgehead atoms. The van der Waals surface area contributed by atoms with Gasteiger partial charge in [-0.05, 0) is 59.7 Å². The van der Waals surface area contributed by atoms with Gasteiger partial charge in [0.25, 0.3) is 5.91 Å². The summed E-state index contributed by atoms with van der Waals surface area (Å²) in [6, 6.07) is 16.2. The van der Waals surface area contributed by atoms with Gasteiger partial charge in [0, 0.05) is 12.6 Å². The van der Waals surface area contributed by atoms with E-state index in [4.69, 9.17) is 13.9 Å². The van der Waals surface area contributed by atoms with Crippen LogP contribution >= 0.6 is 0 Å². The number of amides is 2. The van der Waals surface area contributed by atoms with Gasteiger partial charge in [-0.2, -0.15) is 0 Å². The van der Waals surface area contributed by atoms with Crippen LogP contribution in [-0.2, 0) is 11.3 Å². The third-order valence-corrected chi connectivity index (χ3v) is 7.21. The molecule has 1 fully saturated rings. The number of benzene rings is 2. The summed E-state index contributed by atoms with van der Waals surface area (Å²) in [5, 5.41) is 3.25. The van der Waals surface area contributed by atoms with Crippen molar-refractivity contribution in [1.29, 1.82) is 0 Å². The van der Waals surface area contributed by atoms with Crippen LogP contribution in [0.5, 0.6) is 11.5 Å². The number of fused-ring (bicyclic) bond motifs is 1. The van der Waals surface area contributed by atoms with Crippen molar-refractivity contribution in [2.24, 2.45) is 0 Å². The average molecular weight is 503 g/mol. The first-order valence-electron chi connectivity index (χ1n) is 13.1. The molecule has 194 valence electrons. The van der Waals surface area contributed by atoms with E-state index in [0.29, 0.717) is 17.4 Å². The fourth-order valence-corrected chi connectivity index (χ4v) is 5.12. The number of ether oxygens (including phenoxy) is 2. The Morgan fingerprint density at radius 3 is 2.38 bits per heavy atom. The number of furan rings is 1. The zero-order chi connectivity index (χ0) is 25.8. The molecule has 1 aromatic heterocycles. The standard InChI is InChI=1S/C30H34N2O5/c1-20(2)22-11-13-23(14-12-22)28(29(33)31-24-7-4-3-5-8-24)32(30(34)26-9-6-16-35-26)18-21-10-15-25-27(17-21)37-19-36-25/h6,9-17,20,24,28H,3-5,7-8,18-19H2,1-2H3,(H,31,33)/t28-/m1/s1. The van der Waals surface area contributed by atoms with Crippen molar-refractivity contribution in [3.05, 3.63) is 83.3 Å². The summed E-state index contributed by atoms with van der Waals surface area (Å²) in [5.74, 6) is 1.33. The molecule has 2 heterocycles. The van der Waals surface area contributed by atoms with Crippen molar-refractivity contribution >= 4 is 11.8 Å². The normalized spacial score (nSPS) is 16.0. The number of carbonyl (C=O) groups is 2. The second-order valence-corrected chi connectivity index (χ2v) is 10.2. The van der Waals surface area contributed by atoms with E-state index < -0.39 is 6.04 Å². The van der Waals surface area contributed by atoms with E-state index in [-0.39, 0.29) is 37.0 Å². The number of hydrogen-bond acceptors (Lipinski definition) is 5. The number of nitrogens with zero attached hydrogens (tertiary/aromatic N) is 1. The lowest BCUT2D eigenvalue weighted by molar-refractivity contribution is -0.127. The Morgan fingerprint density at radius 2 is 1.68 bits per heavy atom. The van der Waals surface area contributed by atoms with Crippen LogP contribution in [0.2, 0.25) is 0 Å². The van der Waals surface area contributed by atoms with Crippen molar-refractivity contribution in [3.63, 3.8) is 0 Å². The molecule has 0 spiro atoms. The first-order chi connectivity index (χ1) is 18.0. The molecule has 0 unspecified atom stereocenters. The Balaban J connectivity index is 1.52. The molecule has 7 heteroatoms. The highest BCUT2D eigenvalue weighted by atomic mass is 16.7. The molecule has 1 aliphatic carbocycles. The maximum absolute atomic E-state index is 13.9. The monoisotopic (exact) mass is 502 g/mol. The van der Waals surface area contributed by atoms with Gasteiger partial charge >= 0.3 is 0 Å². The van der Waals surface area contributed by atoms with Crippen LogP contribution < -0.4 is 14.8 Å². The van der Waals surface area contributed by atoms with Gasteiger partial charge < -0.3 is 24.1 Å². The summed E-state index contributed by atoms with van der Waals surface area (Å²) in [6.07, 6.45) is 6.79. The van der Waals surface area contributed by atoms with Gasteiger partial charge in [0.15, 0.2) is 17.3 Å². The summed E-state index contributed by atoms with van der Waals surface area (Å²) in [6.45, 7) is 4.64.